The third kappa shape index (κ3) is 2.52. The lowest BCUT2D eigenvalue weighted by atomic mass is 9.85. The van der Waals surface area contributed by atoms with Crippen molar-refractivity contribution in [2.75, 3.05) is 23.3 Å². The molecule has 1 fully saturated rings. The van der Waals surface area contributed by atoms with Crippen LogP contribution in [0.15, 0.2) is 6.07 Å². The summed E-state index contributed by atoms with van der Waals surface area (Å²) in [5.41, 5.74) is 13.7. The first-order valence-electron chi connectivity index (χ1n) is 6.73. The Bertz CT molecular complexity index is 428. The minimum Gasteiger partial charge on any atom is -0.397 e. The van der Waals surface area contributed by atoms with Gasteiger partial charge in [-0.25, -0.2) is 4.39 Å². The van der Waals surface area contributed by atoms with Crippen LogP contribution >= 0.6 is 0 Å². The fraction of sp³-hybridized carbons (Fsp3) is 0.571. The molecule has 1 aliphatic carbocycles. The van der Waals surface area contributed by atoms with Crippen molar-refractivity contribution < 1.29 is 4.39 Å². The van der Waals surface area contributed by atoms with Crippen molar-refractivity contribution >= 4 is 17.1 Å². The number of anilines is 3. The summed E-state index contributed by atoms with van der Waals surface area (Å²) in [7, 11) is 0. The predicted molar refractivity (Wildman–Crippen MR) is 75.1 cm³/mol. The maximum absolute atomic E-state index is 14.0. The molecule has 5 N–H and O–H groups in total. The molecule has 18 heavy (non-hydrogen) atoms. The first kappa shape index (κ1) is 13.0. The zero-order valence-corrected chi connectivity index (χ0v) is 10.9. The van der Waals surface area contributed by atoms with Gasteiger partial charge in [-0.05, 0) is 31.2 Å². The Kier molecular flexibility index (Phi) is 3.94. The Morgan fingerprint density at radius 1 is 1.33 bits per heavy atom. The lowest BCUT2D eigenvalue weighted by molar-refractivity contribution is 0.333. The highest BCUT2D eigenvalue weighted by atomic mass is 19.1. The molecule has 4 heteroatoms. The summed E-state index contributed by atoms with van der Waals surface area (Å²) in [5, 5.41) is 3.32. The van der Waals surface area contributed by atoms with E-state index in [9.17, 15) is 4.39 Å². The average molecular weight is 251 g/mol. The Labute approximate surface area is 108 Å². The van der Waals surface area contributed by atoms with Crippen LogP contribution in [0.2, 0.25) is 0 Å². The molecule has 0 aromatic heterocycles. The van der Waals surface area contributed by atoms with Gasteiger partial charge in [0.2, 0.25) is 0 Å². The van der Waals surface area contributed by atoms with Crippen LogP contribution in [0.4, 0.5) is 21.5 Å². The second-order valence-electron chi connectivity index (χ2n) is 5.15. The summed E-state index contributed by atoms with van der Waals surface area (Å²) in [6.45, 7) is 2.90. The highest BCUT2D eigenvalue weighted by Crippen LogP contribution is 2.33. The quantitative estimate of drug-likeness (QED) is 0.704. The lowest BCUT2D eigenvalue weighted by Crippen LogP contribution is -2.22. The van der Waals surface area contributed by atoms with Crippen LogP contribution in [0.1, 0.15) is 38.2 Å². The van der Waals surface area contributed by atoms with E-state index >= 15 is 0 Å². The van der Waals surface area contributed by atoms with E-state index in [0.29, 0.717) is 23.6 Å². The van der Waals surface area contributed by atoms with Crippen molar-refractivity contribution in [3.63, 3.8) is 0 Å². The molecule has 0 atom stereocenters. The molecule has 0 aliphatic heterocycles. The number of hydrogen-bond donors (Lipinski definition) is 3. The minimum absolute atomic E-state index is 0.144. The van der Waals surface area contributed by atoms with Crippen LogP contribution in [0.25, 0.3) is 0 Å². The first-order chi connectivity index (χ1) is 8.63. The van der Waals surface area contributed by atoms with Gasteiger partial charge in [0.25, 0.3) is 0 Å². The summed E-state index contributed by atoms with van der Waals surface area (Å²) in [6, 6.07) is 1.51. The molecule has 2 rings (SSSR count). The topological polar surface area (TPSA) is 64.1 Å². The summed E-state index contributed by atoms with van der Waals surface area (Å²) < 4.78 is 14.0. The molecule has 100 valence electrons. The number of hydrogen-bond acceptors (Lipinski definition) is 3. The molecule has 0 saturated heterocycles. The standard InChI is InChI=1S/C14H22FN3/c1-2-4-10-13(15)11(16)7-12(17)14(10)18-8-9-5-3-6-9/h7,9,18H,2-6,8,16-17H2,1H3. The molecule has 0 radical (unpaired) electrons. The van der Waals surface area contributed by atoms with Gasteiger partial charge in [-0.2, -0.15) is 0 Å². The van der Waals surface area contributed by atoms with Gasteiger partial charge in [0.05, 0.1) is 17.1 Å². The van der Waals surface area contributed by atoms with Gasteiger partial charge >= 0.3 is 0 Å². The Balaban J connectivity index is 2.21. The third-order valence-electron chi connectivity index (χ3n) is 3.71. The SMILES string of the molecule is CCCc1c(F)c(N)cc(N)c1NCC1CCC1. The summed E-state index contributed by atoms with van der Waals surface area (Å²) >= 11 is 0. The van der Waals surface area contributed by atoms with Gasteiger partial charge < -0.3 is 16.8 Å². The summed E-state index contributed by atoms with van der Waals surface area (Å²) in [5.74, 6) is 0.390. The van der Waals surface area contributed by atoms with E-state index in [-0.39, 0.29) is 11.5 Å². The van der Waals surface area contributed by atoms with Gasteiger partial charge in [-0.3, -0.25) is 0 Å². The first-order valence-corrected chi connectivity index (χ1v) is 6.73. The Hall–Kier alpha value is -1.45. The van der Waals surface area contributed by atoms with Crippen LogP contribution in [-0.4, -0.2) is 6.54 Å². The maximum Gasteiger partial charge on any atom is 0.151 e. The zero-order chi connectivity index (χ0) is 13.1. The van der Waals surface area contributed by atoms with Crippen molar-refractivity contribution in [2.24, 2.45) is 5.92 Å². The molecule has 0 unspecified atom stereocenters. The third-order valence-corrected chi connectivity index (χ3v) is 3.71. The molecular weight excluding hydrogens is 229 g/mol. The molecule has 3 nitrogen and oxygen atoms in total. The normalized spacial score (nSPS) is 15.4. The lowest BCUT2D eigenvalue weighted by Gasteiger charge is -2.27. The Morgan fingerprint density at radius 3 is 2.61 bits per heavy atom. The highest BCUT2D eigenvalue weighted by molar-refractivity contribution is 5.75. The maximum atomic E-state index is 14.0. The van der Waals surface area contributed by atoms with E-state index in [1.165, 1.54) is 25.3 Å². The van der Waals surface area contributed by atoms with Crippen LogP contribution in [0.5, 0.6) is 0 Å². The molecule has 1 aromatic rings. The highest BCUT2D eigenvalue weighted by Gasteiger charge is 2.19. The second kappa shape index (κ2) is 5.46. The largest absolute Gasteiger partial charge is 0.397 e. The summed E-state index contributed by atoms with van der Waals surface area (Å²) in [4.78, 5) is 0. The molecule has 1 aromatic carbocycles. The monoisotopic (exact) mass is 251 g/mol. The second-order valence-corrected chi connectivity index (χ2v) is 5.15. The number of nitrogens with two attached hydrogens (primary N) is 2. The van der Waals surface area contributed by atoms with Crippen molar-refractivity contribution in [1.82, 2.24) is 0 Å². The van der Waals surface area contributed by atoms with E-state index in [1.54, 1.807) is 0 Å². The van der Waals surface area contributed by atoms with Gasteiger partial charge in [-0.1, -0.05) is 19.8 Å². The van der Waals surface area contributed by atoms with Crippen molar-refractivity contribution in [3.05, 3.63) is 17.4 Å². The van der Waals surface area contributed by atoms with Crippen LogP contribution < -0.4 is 16.8 Å². The van der Waals surface area contributed by atoms with Gasteiger partial charge in [0, 0.05) is 12.1 Å². The number of benzene rings is 1. The van der Waals surface area contributed by atoms with Crippen molar-refractivity contribution in [3.8, 4) is 0 Å². The van der Waals surface area contributed by atoms with Crippen molar-refractivity contribution in [2.45, 2.75) is 39.0 Å². The van der Waals surface area contributed by atoms with Crippen molar-refractivity contribution in [1.29, 1.82) is 0 Å². The van der Waals surface area contributed by atoms with Crippen LogP contribution in [-0.2, 0) is 6.42 Å². The predicted octanol–water partition coefficient (Wildman–Crippen LogP) is 3.15. The number of rotatable bonds is 5. The van der Waals surface area contributed by atoms with E-state index in [4.69, 9.17) is 11.5 Å². The van der Waals surface area contributed by atoms with Gasteiger partial charge in [0.15, 0.2) is 5.82 Å². The molecule has 0 bridgehead atoms. The zero-order valence-electron chi connectivity index (χ0n) is 10.9. The van der Waals surface area contributed by atoms with E-state index in [1.807, 2.05) is 6.92 Å². The number of halogens is 1. The molecule has 0 spiro atoms. The van der Waals surface area contributed by atoms with Crippen LogP contribution in [0.3, 0.4) is 0 Å². The Morgan fingerprint density at radius 2 is 2.06 bits per heavy atom. The fourth-order valence-corrected chi connectivity index (χ4v) is 2.40. The molecule has 1 aliphatic rings. The molecule has 0 amide bonds. The molecule has 1 saturated carbocycles. The summed E-state index contributed by atoms with van der Waals surface area (Å²) in [6.07, 6.45) is 5.35. The van der Waals surface area contributed by atoms with E-state index in [0.717, 1.165) is 18.7 Å². The van der Waals surface area contributed by atoms with Gasteiger partial charge in [-0.15, -0.1) is 0 Å². The van der Waals surface area contributed by atoms with Crippen LogP contribution in [0, 0.1) is 11.7 Å². The fourth-order valence-electron chi connectivity index (χ4n) is 2.40. The minimum atomic E-state index is -0.317. The number of nitrogens with one attached hydrogen (secondary N) is 1. The average Bonchev–Trinajstić information content (AvgIpc) is 2.27. The smallest absolute Gasteiger partial charge is 0.151 e. The molecule has 0 heterocycles. The van der Waals surface area contributed by atoms with Gasteiger partial charge in [0.1, 0.15) is 0 Å². The van der Waals surface area contributed by atoms with E-state index in [2.05, 4.69) is 5.32 Å². The molecular formula is C14H22FN3. The van der Waals surface area contributed by atoms with E-state index < -0.39 is 0 Å². The number of nitrogen functional groups attached to an aromatic ring is 2.